The van der Waals surface area contributed by atoms with Crippen molar-refractivity contribution in [2.45, 2.75) is 123 Å². The molecule has 1 aliphatic rings. The van der Waals surface area contributed by atoms with Crippen molar-refractivity contribution in [3.05, 3.63) is 35.4 Å². The molecule has 2 rings (SSSR count). The number of aliphatic hydroxyl groups excluding tert-OH is 2. The number of esters is 1. The van der Waals surface area contributed by atoms with Gasteiger partial charge in [0.05, 0.1) is 18.8 Å². The lowest BCUT2D eigenvalue weighted by molar-refractivity contribution is -0.272. The molecule has 3 N–H and O–H groups in total. The molecule has 8 heteroatoms. The average molecular weight is 536 g/mol. The summed E-state index contributed by atoms with van der Waals surface area (Å²) in [6.45, 7) is 7.60. The van der Waals surface area contributed by atoms with Gasteiger partial charge >= 0.3 is 5.97 Å². The number of carbonyl (C=O) groups is 2. The zero-order valence-corrected chi connectivity index (χ0v) is 23.7. The lowest BCUT2D eigenvalue weighted by Gasteiger charge is -2.43. The van der Waals surface area contributed by atoms with Gasteiger partial charge in [-0.1, -0.05) is 82.9 Å². The van der Waals surface area contributed by atoms with E-state index in [0.717, 1.165) is 31.2 Å². The van der Waals surface area contributed by atoms with Gasteiger partial charge < -0.3 is 29.7 Å². The minimum absolute atomic E-state index is 0.322. The Hall–Kier alpha value is -2.00. The van der Waals surface area contributed by atoms with Crippen LogP contribution in [0, 0.1) is 12.8 Å². The molecule has 1 aromatic carbocycles. The Morgan fingerprint density at radius 3 is 2.13 bits per heavy atom. The Balaban J connectivity index is 2.09. The molecule has 216 valence electrons. The van der Waals surface area contributed by atoms with E-state index in [1.54, 1.807) is 24.3 Å². The van der Waals surface area contributed by atoms with Gasteiger partial charge in [0.25, 0.3) is 0 Å². The van der Waals surface area contributed by atoms with Gasteiger partial charge in [-0.15, -0.1) is 0 Å². The number of unbranched alkanes of at least 4 members (excludes halogenated alkanes) is 6. The van der Waals surface area contributed by atoms with E-state index >= 15 is 0 Å². The first kappa shape index (κ1) is 32.2. The molecule has 1 saturated heterocycles. The maximum Gasteiger partial charge on any atom is 0.338 e. The largest absolute Gasteiger partial charge is 0.453 e. The van der Waals surface area contributed by atoms with E-state index in [-0.39, 0.29) is 5.91 Å². The molecule has 8 nitrogen and oxygen atoms in total. The summed E-state index contributed by atoms with van der Waals surface area (Å²) in [5, 5.41) is 23.9. The first-order valence-electron chi connectivity index (χ1n) is 14.4. The fourth-order valence-corrected chi connectivity index (χ4v) is 4.89. The van der Waals surface area contributed by atoms with Gasteiger partial charge in [-0.3, -0.25) is 4.79 Å². The van der Waals surface area contributed by atoms with Gasteiger partial charge in [0.2, 0.25) is 5.91 Å². The second-order valence-corrected chi connectivity index (χ2v) is 10.6. The molecule has 0 radical (unpaired) electrons. The molecular weight excluding hydrogens is 486 g/mol. The standard InChI is InChI=1S/C30H49NO7/c1-5-7-9-11-13-23(14-12-10-8-6-2)20-36-30-26(31-22(4)33)27(34)28(25(19-32)37-30)38-29(35)24-17-15-21(3)16-18-24/h15-18,23,25-28,30,32,34H,5-14,19-20H2,1-4H3,(H,31,33)/t25-,26-,27-,28-,30-/m1/s1. The Morgan fingerprint density at radius 1 is 1.00 bits per heavy atom. The Labute approximate surface area is 228 Å². The highest BCUT2D eigenvalue weighted by atomic mass is 16.7. The van der Waals surface area contributed by atoms with Gasteiger partial charge in [0.1, 0.15) is 18.2 Å². The fraction of sp³-hybridized carbons (Fsp3) is 0.733. The summed E-state index contributed by atoms with van der Waals surface area (Å²) >= 11 is 0. The zero-order chi connectivity index (χ0) is 27.9. The van der Waals surface area contributed by atoms with Gasteiger partial charge in [-0.25, -0.2) is 4.79 Å². The summed E-state index contributed by atoms with van der Waals surface area (Å²) in [4.78, 5) is 24.8. The molecule has 0 saturated carbocycles. The number of hydrogen-bond donors (Lipinski definition) is 3. The van der Waals surface area contributed by atoms with Gasteiger partial charge in [0, 0.05) is 6.92 Å². The van der Waals surface area contributed by atoms with Crippen LogP contribution < -0.4 is 5.32 Å². The molecule has 1 aromatic rings. The molecule has 38 heavy (non-hydrogen) atoms. The minimum Gasteiger partial charge on any atom is -0.453 e. The van der Waals surface area contributed by atoms with E-state index in [0.29, 0.717) is 18.1 Å². The molecule has 5 atom stereocenters. The van der Waals surface area contributed by atoms with Crippen LogP contribution in [0.5, 0.6) is 0 Å². The molecule has 1 fully saturated rings. The van der Waals surface area contributed by atoms with Crippen LogP contribution in [0.3, 0.4) is 0 Å². The van der Waals surface area contributed by atoms with Crippen molar-refractivity contribution in [2.24, 2.45) is 5.92 Å². The van der Waals surface area contributed by atoms with Crippen molar-refractivity contribution >= 4 is 11.9 Å². The highest BCUT2D eigenvalue weighted by molar-refractivity contribution is 5.89. The van der Waals surface area contributed by atoms with Crippen LogP contribution >= 0.6 is 0 Å². The molecule has 0 aromatic heterocycles. The number of hydrogen-bond acceptors (Lipinski definition) is 7. The van der Waals surface area contributed by atoms with Crippen molar-refractivity contribution in [1.82, 2.24) is 5.32 Å². The number of ether oxygens (including phenoxy) is 3. The maximum absolute atomic E-state index is 12.8. The van der Waals surface area contributed by atoms with Crippen LogP contribution in [-0.4, -0.2) is 65.9 Å². The van der Waals surface area contributed by atoms with Crippen LogP contribution in [0.25, 0.3) is 0 Å². The minimum atomic E-state index is -1.32. The molecule has 0 unspecified atom stereocenters. The predicted octanol–water partition coefficient (Wildman–Crippen LogP) is 4.68. The van der Waals surface area contributed by atoms with E-state index < -0.39 is 43.2 Å². The van der Waals surface area contributed by atoms with Crippen LogP contribution in [0.4, 0.5) is 0 Å². The SMILES string of the molecule is CCCCCCC(CCCCCC)CO[C@@H]1O[C@H](CO)[C@@H](OC(=O)c2ccc(C)cc2)[C@H](O)[C@H]1NC(C)=O. The Kier molecular flexibility index (Phi) is 14.9. The highest BCUT2D eigenvalue weighted by Crippen LogP contribution is 2.27. The van der Waals surface area contributed by atoms with Crippen molar-refractivity contribution in [3.8, 4) is 0 Å². The molecule has 0 spiro atoms. The third kappa shape index (κ3) is 10.6. The molecule has 0 aliphatic carbocycles. The van der Waals surface area contributed by atoms with Crippen molar-refractivity contribution < 1.29 is 34.0 Å². The summed E-state index contributed by atoms with van der Waals surface area (Å²) in [7, 11) is 0. The number of aryl methyl sites for hydroxylation is 1. The van der Waals surface area contributed by atoms with Crippen LogP contribution in [0.1, 0.15) is 101 Å². The second kappa shape index (κ2) is 17.6. The molecular formula is C30H49NO7. The zero-order valence-electron chi connectivity index (χ0n) is 23.7. The summed E-state index contributed by atoms with van der Waals surface area (Å²) < 4.78 is 17.8. The highest BCUT2D eigenvalue weighted by Gasteiger charge is 2.48. The monoisotopic (exact) mass is 535 g/mol. The smallest absolute Gasteiger partial charge is 0.338 e. The lowest BCUT2D eigenvalue weighted by Crippen LogP contribution is -2.65. The number of amides is 1. The van der Waals surface area contributed by atoms with Crippen LogP contribution in [-0.2, 0) is 19.0 Å². The predicted molar refractivity (Wildman–Crippen MR) is 147 cm³/mol. The van der Waals surface area contributed by atoms with Crippen molar-refractivity contribution in [2.75, 3.05) is 13.2 Å². The lowest BCUT2D eigenvalue weighted by atomic mass is 9.94. The quantitative estimate of drug-likeness (QED) is 0.196. The molecule has 1 amide bonds. The number of benzene rings is 1. The topological polar surface area (TPSA) is 114 Å². The number of nitrogens with one attached hydrogen (secondary N) is 1. The Morgan fingerprint density at radius 2 is 1.61 bits per heavy atom. The van der Waals surface area contributed by atoms with Crippen molar-refractivity contribution in [1.29, 1.82) is 0 Å². The van der Waals surface area contributed by atoms with Gasteiger partial charge in [-0.05, 0) is 37.8 Å². The van der Waals surface area contributed by atoms with E-state index in [4.69, 9.17) is 14.2 Å². The van der Waals surface area contributed by atoms with Crippen LogP contribution in [0.2, 0.25) is 0 Å². The van der Waals surface area contributed by atoms with Crippen LogP contribution in [0.15, 0.2) is 24.3 Å². The number of rotatable bonds is 17. The Bertz CT molecular complexity index is 803. The van der Waals surface area contributed by atoms with Gasteiger partial charge in [-0.2, -0.15) is 0 Å². The summed E-state index contributed by atoms with van der Waals surface area (Å²) in [5.41, 5.74) is 1.32. The molecule has 0 bridgehead atoms. The van der Waals surface area contributed by atoms with E-state index in [1.165, 1.54) is 45.4 Å². The third-order valence-corrected chi connectivity index (χ3v) is 7.18. The third-order valence-electron chi connectivity index (χ3n) is 7.18. The normalized spacial score (nSPS) is 23.4. The van der Waals surface area contributed by atoms with E-state index in [9.17, 15) is 19.8 Å². The maximum atomic E-state index is 12.8. The summed E-state index contributed by atoms with van der Waals surface area (Å²) in [6, 6.07) is 5.91. The van der Waals surface area contributed by atoms with E-state index in [1.807, 2.05) is 6.92 Å². The molecule has 1 aliphatic heterocycles. The van der Waals surface area contributed by atoms with E-state index in [2.05, 4.69) is 19.2 Å². The summed E-state index contributed by atoms with van der Waals surface area (Å²) in [5.74, 6) is -0.670. The molecule has 1 heterocycles. The fourth-order valence-electron chi connectivity index (χ4n) is 4.89. The van der Waals surface area contributed by atoms with Crippen molar-refractivity contribution in [3.63, 3.8) is 0 Å². The number of aliphatic hydroxyl groups is 2. The first-order valence-corrected chi connectivity index (χ1v) is 14.4. The van der Waals surface area contributed by atoms with Gasteiger partial charge in [0.15, 0.2) is 12.4 Å². The second-order valence-electron chi connectivity index (χ2n) is 10.6. The number of carbonyl (C=O) groups excluding carboxylic acids is 2. The first-order chi connectivity index (χ1) is 18.3. The average Bonchev–Trinajstić information content (AvgIpc) is 2.90. The summed E-state index contributed by atoms with van der Waals surface area (Å²) in [6.07, 6.45) is 7.07.